The van der Waals surface area contributed by atoms with Crippen LogP contribution in [-0.4, -0.2) is 11.9 Å². The van der Waals surface area contributed by atoms with E-state index in [1.165, 1.54) is 12.1 Å². The first kappa shape index (κ1) is 13.1. The van der Waals surface area contributed by atoms with Crippen molar-refractivity contribution >= 4 is 23.5 Å². The average Bonchev–Trinajstić information content (AvgIpc) is 2.46. The van der Waals surface area contributed by atoms with Crippen molar-refractivity contribution in [2.75, 3.05) is 0 Å². The zero-order chi connectivity index (χ0) is 13.7. The summed E-state index contributed by atoms with van der Waals surface area (Å²) < 4.78 is 0. The number of rotatable bonds is 2. The number of carbonyl (C=O) groups is 2. The summed E-state index contributed by atoms with van der Waals surface area (Å²) in [4.78, 5) is 27.9. The van der Waals surface area contributed by atoms with E-state index in [0.717, 1.165) is 0 Å². The van der Waals surface area contributed by atoms with Crippen molar-refractivity contribution in [1.29, 1.82) is 0 Å². The minimum Gasteiger partial charge on any atom is -0.335 e. The van der Waals surface area contributed by atoms with Gasteiger partial charge in [-0.25, -0.2) is 4.79 Å². The number of halogens is 1. The molecule has 5 heteroatoms. The summed E-state index contributed by atoms with van der Waals surface area (Å²) in [5.41, 5.74) is 2.80. The van der Waals surface area contributed by atoms with E-state index in [9.17, 15) is 9.59 Å². The fourth-order valence-corrected chi connectivity index (χ4v) is 1.51. The van der Waals surface area contributed by atoms with Gasteiger partial charge < -0.3 is 4.84 Å². The smallest absolute Gasteiger partial charge is 0.335 e. The van der Waals surface area contributed by atoms with E-state index in [-0.39, 0.29) is 0 Å². The van der Waals surface area contributed by atoms with Crippen molar-refractivity contribution < 1.29 is 14.4 Å². The average molecular weight is 276 g/mol. The highest BCUT2D eigenvalue weighted by atomic mass is 35.5. The van der Waals surface area contributed by atoms with Crippen LogP contribution in [0.5, 0.6) is 0 Å². The van der Waals surface area contributed by atoms with Gasteiger partial charge in [-0.3, -0.25) is 4.79 Å². The third-order valence-corrected chi connectivity index (χ3v) is 2.60. The maximum atomic E-state index is 11.6. The highest BCUT2D eigenvalue weighted by Gasteiger charge is 2.10. The van der Waals surface area contributed by atoms with Crippen molar-refractivity contribution in [2.45, 2.75) is 0 Å². The van der Waals surface area contributed by atoms with E-state index in [0.29, 0.717) is 16.1 Å². The first-order valence-electron chi connectivity index (χ1n) is 5.49. The van der Waals surface area contributed by atoms with Crippen molar-refractivity contribution in [3.8, 4) is 0 Å². The van der Waals surface area contributed by atoms with E-state index in [1.54, 1.807) is 42.5 Å². The normalized spacial score (nSPS) is 9.74. The van der Waals surface area contributed by atoms with Crippen LogP contribution < -0.4 is 5.48 Å². The van der Waals surface area contributed by atoms with Crippen molar-refractivity contribution in [2.24, 2.45) is 0 Å². The van der Waals surface area contributed by atoms with Crippen LogP contribution in [0.1, 0.15) is 20.7 Å². The van der Waals surface area contributed by atoms with E-state index in [2.05, 4.69) is 5.48 Å². The van der Waals surface area contributed by atoms with Crippen LogP contribution in [0.4, 0.5) is 0 Å². The molecule has 2 rings (SSSR count). The molecular formula is C14H10ClNO3. The molecule has 0 spiro atoms. The Morgan fingerprint density at radius 2 is 1.53 bits per heavy atom. The summed E-state index contributed by atoms with van der Waals surface area (Å²) in [5.74, 6) is -1.14. The molecule has 2 aromatic rings. The van der Waals surface area contributed by atoms with Crippen LogP contribution in [0, 0.1) is 0 Å². The fraction of sp³-hybridized carbons (Fsp3) is 0. The molecule has 2 aromatic carbocycles. The molecule has 0 saturated carbocycles. The summed E-state index contributed by atoms with van der Waals surface area (Å²) in [6, 6.07) is 14.6. The molecule has 0 unspecified atom stereocenters. The SMILES string of the molecule is O=C(NOC(=O)c1ccc(Cl)cc1)c1ccccc1. The first-order valence-corrected chi connectivity index (χ1v) is 5.87. The van der Waals surface area contributed by atoms with E-state index < -0.39 is 11.9 Å². The molecule has 0 radical (unpaired) electrons. The van der Waals surface area contributed by atoms with E-state index in [4.69, 9.17) is 16.4 Å². The summed E-state index contributed by atoms with van der Waals surface area (Å²) in [7, 11) is 0. The third-order valence-electron chi connectivity index (χ3n) is 2.35. The lowest BCUT2D eigenvalue weighted by Crippen LogP contribution is -2.27. The molecule has 0 aromatic heterocycles. The lowest BCUT2D eigenvalue weighted by molar-refractivity contribution is 0.0230. The Kier molecular flexibility index (Phi) is 4.15. The number of carbonyl (C=O) groups excluding carboxylic acids is 2. The van der Waals surface area contributed by atoms with Crippen LogP contribution >= 0.6 is 11.6 Å². The quantitative estimate of drug-likeness (QED) is 0.858. The zero-order valence-corrected chi connectivity index (χ0v) is 10.6. The van der Waals surface area contributed by atoms with Gasteiger partial charge in [0.05, 0.1) is 5.56 Å². The van der Waals surface area contributed by atoms with Gasteiger partial charge in [0.15, 0.2) is 0 Å². The molecule has 0 aliphatic heterocycles. The van der Waals surface area contributed by atoms with Gasteiger partial charge in [0.1, 0.15) is 0 Å². The number of nitrogens with one attached hydrogen (secondary N) is 1. The first-order chi connectivity index (χ1) is 9.16. The molecule has 19 heavy (non-hydrogen) atoms. The standard InChI is InChI=1S/C14H10ClNO3/c15-12-8-6-11(7-9-12)14(18)19-16-13(17)10-4-2-1-3-5-10/h1-9H,(H,16,17). The topological polar surface area (TPSA) is 55.4 Å². The molecule has 96 valence electrons. The molecule has 0 bridgehead atoms. The van der Waals surface area contributed by atoms with Crippen LogP contribution in [-0.2, 0) is 4.84 Å². The van der Waals surface area contributed by atoms with Gasteiger partial charge in [-0.1, -0.05) is 29.8 Å². The van der Waals surface area contributed by atoms with Crippen LogP contribution in [0.25, 0.3) is 0 Å². The Labute approximate surface area is 114 Å². The molecule has 1 N–H and O–H groups in total. The Morgan fingerprint density at radius 1 is 0.895 bits per heavy atom. The predicted molar refractivity (Wildman–Crippen MR) is 70.8 cm³/mol. The van der Waals surface area contributed by atoms with Crippen molar-refractivity contribution in [1.82, 2.24) is 5.48 Å². The highest BCUT2D eigenvalue weighted by Crippen LogP contribution is 2.10. The molecule has 1 amide bonds. The molecule has 0 saturated heterocycles. The molecular weight excluding hydrogens is 266 g/mol. The van der Waals surface area contributed by atoms with Crippen LogP contribution in [0.2, 0.25) is 5.02 Å². The number of benzene rings is 2. The third kappa shape index (κ3) is 3.56. The minimum atomic E-state index is -0.652. The van der Waals surface area contributed by atoms with E-state index in [1.807, 2.05) is 0 Å². The summed E-state index contributed by atoms with van der Waals surface area (Å²) >= 11 is 5.70. The monoisotopic (exact) mass is 275 g/mol. The molecule has 4 nitrogen and oxygen atoms in total. The van der Waals surface area contributed by atoms with Gasteiger partial charge in [-0.05, 0) is 36.4 Å². The maximum Gasteiger partial charge on any atom is 0.362 e. The maximum absolute atomic E-state index is 11.6. The highest BCUT2D eigenvalue weighted by molar-refractivity contribution is 6.30. The van der Waals surface area contributed by atoms with Gasteiger partial charge in [0, 0.05) is 10.6 Å². The number of hydrogen-bond acceptors (Lipinski definition) is 3. The number of amides is 1. The van der Waals surface area contributed by atoms with Gasteiger partial charge in [-0.15, -0.1) is 0 Å². The predicted octanol–water partition coefficient (Wildman–Crippen LogP) is 2.84. The Morgan fingerprint density at radius 3 is 2.16 bits per heavy atom. The fourth-order valence-electron chi connectivity index (χ4n) is 1.39. The van der Waals surface area contributed by atoms with Gasteiger partial charge >= 0.3 is 5.97 Å². The Bertz CT molecular complexity index is 581. The molecule has 0 aliphatic carbocycles. The summed E-state index contributed by atoms with van der Waals surface area (Å²) in [6.45, 7) is 0. The lowest BCUT2D eigenvalue weighted by Gasteiger charge is -2.05. The summed E-state index contributed by atoms with van der Waals surface area (Å²) in [6.07, 6.45) is 0. The molecule has 0 fully saturated rings. The summed E-state index contributed by atoms with van der Waals surface area (Å²) in [5, 5.41) is 0.518. The van der Waals surface area contributed by atoms with Gasteiger partial charge in [0.25, 0.3) is 5.91 Å². The largest absolute Gasteiger partial charge is 0.362 e. The van der Waals surface area contributed by atoms with E-state index >= 15 is 0 Å². The van der Waals surface area contributed by atoms with Crippen molar-refractivity contribution in [3.63, 3.8) is 0 Å². The van der Waals surface area contributed by atoms with Crippen LogP contribution in [0.15, 0.2) is 54.6 Å². The minimum absolute atomic E-state index is 0.303. The Hall–Kier alpha value is -2.33. The second-order valence-electron chi connectivity index (χ2n) is 3.69. The van der Waals surface area contributed by atoms with Crippen LogP contribution in [0.3, 0.4) is 0 Å². The zero-order valence-electron chi connectivity index (χ0n) is 9.80. The Balaban J connectivity index is 1.94. The second kappa shape index (κ2) is 6.02. The van der Waals surface area contributed by atoms with Gasteiger partial charge in [-0.2, -0.15) is 5.48 Å². The lowest BCUT2D eigenvalue weighted by atomic mass is 10.2. The number of hydrogen-bond donors (Lipinski definition) is 1. The second-order valence-corrected chi connectivity index (χ2v) is 4.13. The van der Waals surface area contributed by atoms with Gasteiger partial charge in [0.2, 0.25) is 0 Å². The van der Waals surface area contributed by atoms with Crippen molar-refractivity contribution in [3.05, 3.63) is 70.7 Å². The molecule has 0 aliphatic rings. The number of hydroxylamine groups is 1. The molecule has 0 atom stereocenters. The molecule has 0 heterocycles.